The van der Waals surface area contributed by atoms with Gasteiger partial charge in [-0.1, -0.05) is 36.4 Å². The molecule has 0 saturated carbocycles. The Bertz CT molecular complexity index is 1180. The highest BCUT2D eigenvalue weighted by molar-refractivity contribution is 6.02. The largest absolute Gasteiger partial charge is 0.453 e. The van der Waals surface area contributed by atoms with Crippen LogP contribution in [0, 0.1) is 0 Å². The highest BCUT2D eigenvalue weighted by Gasteiger charge is 2.11. The van der Waals surface area contributed by atoms with Crippen LogP contribution < -0.4 is 0 Å². The molecule has 3 aromatic heterocycles. The Morgan fingerprint density at radius 1 is 0.739 bits per heavy atom. The fourth-order valence-corrected chi connectivity index (χ4v) is 2.84. The van der Waals surface area contributed by atoms with Crippen molar-refractivity contribution in [3.8, 4) is 11.5 Å². The number of rotatable bonds is 1. The van der Waals surface area contributed by atoms with Gasteiger partial charge in [-0.05, 0) is 23.6 Å². The van der Waals surface area contributed by atoms with Crippen molar-refractivity contribution in [1.82, 2.24) is 15.0 Å². The van der Waals surface area contributed by atoms with Crippen LogP contribution in [0.25, 0.3) is 44.4 Å². The Morgan fingerprint density at radius 2 is 1.57 bits per heavy atom. The highest BCUT2D eigenvalue weighted by atomic mass is 16.3. The maximum absolute atomic E-state index is 5.77. The van der Waals surface area contributed by atoms with Gasteiger partial charge < -0.3 is 4.42 Å². The second-order valence-electron chi connectivity index (χ2n) is 5.42. The molecule has 5 rings (SSSR count). The zero-order valence-electron chi connectivity index (χ0n) is 12.1. The monoisotopic (exact) mass is 297 g/mol. The quantitative estimate of drug-likeness (QED) is 0.454. The van der Waals surface area contributed by atoms with E-state index >= 15 is 0 Å². The van der Waals surface area contributed by atoms with Crippen molar-refractivity contribution in [2.45, 2.75) is 0 Å². The number of benzene rings is 2. The third-order valence-electron chi connectivity index (χ3n) is 3.98. The molecule has 4 heteroatoms. The lowest BCUT2D eigenvalue weighted by atomic mass is 10.1. The van der Waals surface area contributed by atoms with Crippen LogP contribution in [0.1, 0.15) is 0 Å². The van der Waals surface area contributed by atoms with Crippen LogP contribution in [-0.2, 0) is 0 Å². The number of nitrogens with zero attached hydrogens (tertiary/aromatic N) is 3. The summed E-state index contributed by atoms with van der Waals surface area (Å²) in [7, 11) is 0. The average Bonchev–Trinajstić information content (AvgIpc) is 2.99. The maximum Gasteiger partial charge on any atom is 0.178 e. The van der Waals surface area contributed by atoms with Gasteiger partial charge in [-0.15, -0.1) is 0 Å². The smallest absolute Gasteiger partial charge is 0.178 e. The summed E-state index contributed by atoms with van der Waals surface area (Å²) in [5.41, 5.74) is 3.09. The fourth-order valence-electron chi connectivity index (χ4n) is 2.84. The lowest BCUT2D eigenvalue weighted by Crippen LogP contribution is -1.91. The number of hydrogen-bond acceptors (Lipinski definition) is 4. The maximum atomic E-state index is 5.77. The molecule has 3 heterocycles. The Labute approximate surface area is 131 Å². The van der Waals surface area contributed by atoms with Gasteiger partial charge in [0.1, 0.15) is 16.8 Å². The van der Waals surface area contributed by atoms with E-state index in [9.17, 15) is 0 Å². The Hall–Kier alpha value is -3.27. The summed E-state index contributed by atoms with van der Waals surface area (Å²) in [6, 6.07) is 18.0. The SMILES string of the molecule is c1ccc2cc(-c3ncc4oc5ccccc5c4n3)ncc2c1. The summed E-state index contributed by atoms with van der Waals surface area (Å²) < 4.78 is 5.77. The standard InChI is InChI=1S/C19H11N3O/c1-2-6-13-10-20-15(9-12(13)5-1)19-21-11-17-18(22-19)14-7-3-4-8-16(14)23-17/h1-11H. The van der Waals surface area contributed by atoms with Crippen LogP contribution in [-0.4, -0.2) is 15.0 Å². The third-order valence-corrected chi connectivity index (χ3v) is 3.98. The van der Waals surface area contributed by atoms with Crippen LogP contribution >= 0.6 is 0 Å². The summed E-state index contributed by atoms with van der Waals surface area (Å²) in [6.07, 6.45) is 3.57. The number of fused-ring (bicyclic) bond motifs is 4. The predicted octanol–water partition coefficient (Wildman–Crippen LogP) is 4.59. The van der Waals surface area contributed by atoms with Gasteiger partial charge >= 0.3 is 0 Å². The molecule has 108 valence electrons. The molecule has 2 aromatic carbocycles. The number of pyridine rings is 1. The normalized spacial score (nSPS) is 11.5. The third kappa shape index (κ3) is 1.89. The van der Waals surface area contributed by atoms with E-state index in [0.717, 1.165) is 33.0 Å². The first kappa shape index (κ1) is 12.3. The number of para-hydroxylation sites is 1. The molecule has 0 N–H and O–H groups in total. The summed E-state index contributed by atoms with van der Waals surface area (Å²) in [5.74, 6) is 0.606. The van der Waals surface area contributed by atoms with E-state index in [2.05, 4.69) is 21.0 Å². The van der Waals surface area contributed by atoms with Crippen molar-refractivity contribution < 1.29 is 4.42 Å². The molecule has 5 aromatic rings. The summed E-state index contributed by atoms with van der Waals surface area (Å²) >= 11 is 0. The zero-order chi connectivity index (χ0) is 15.2. The van der Waals surface area contributed by atoms with Crippen molar-refractivity contribution in [3.05, 3.63) is 67.0 Å². The van der Waals surface area contributed by atoms with E-state index in [0.29, 0.717) is 11.4 Å². The molecule has 0 atom stereocenters. The lowest BCUT2D eigenvalue weighted by molar-refractivity contribution is 0.666. The predicted molar refractivity (Wildman–Crippen MR) is 90.0 cm³/mol. The van der Waals surface area contributed by atoms with Gasteiger partial charge in [0.05, 0.1) is 6.20 Å². The molecule has 0 fully saturated rings. The summed E-state index contributed by atoms with van der Waals surface area (Å²) in [6.45, 7) is 0. The molecular formula is C19H11N3O. The fraction of sp³-hybridized carbons (Fsp3) is 0. The highest BCUT2D eigenvalue weighted by Crippen LogP contribution is 2.28. The topological polar surface area (TPSA) is 51.8 Å². The van der Waals surface area contributed by atoms with Gasteiger partial charge in [0.25, 0.3) is 0 Å². The molecule has 0 radical (unpaired) electrons. The van der Waals surface area contributed by atoms with Crippen molar-refractivity contribution in [2.24, 2.45) is 0 Å². The van der Waals surface area contributed by atoms with Crippen molar-refractivity contribution in [1.29, 1.82) is 0 Å². The Balaban J connectivity index is 1.76. The molecule has 23 heavy (non-hydrogen) atoms. The second-order valence-corrected chi connectivity index (χ2v) is 5.42. The van der Waals surface area contributed by atoms with E-state index in [1.54, 1.807) is 6.20 Å². The van der Waals surface area contributed by atoms with Gasteiger partial charge in [0.15, 0.2) is 11.4 Å². The first-order valence-corrected chi connectivity index (χ1v) is 7.38. The molecule has 0 spiro atoms. The minimum Gasteiger partial charge on any atom is -0.453 e. The van der Waals surface area contributed by atoms with Crippen molar-refractivity contribution in [3.63, 3.8) is 0 Å². The molecule has 0 aliphatic carbocycles. The minimum absolute atomic E-state index is 0.606. The van der Waals surface area contributed by atoms with Gasteiger partial charge in [0.2, 0.25) is 0 Å². The lowest BCUT2D eigenvalue weighted by Gasteiger charge is -2.01. The molecule has 0 saturated heterocycles. The number of aromatic nitrogens is 3. The molecule has 0 amide bonds. The van der Waals surface area contributed by atoms with Crippen molar-refractivity contribution in [2.75, 3.05) is 0 Å². The second kappa shape index (κ2) is 4.61. The molecule has 0 unspecified atom stereocenters. The van der Waals surface area contributed by atoms with Crippen LogP contribution in [0.3, 0.4) is 0 Å². The van der Waals surface area contributed by atoms with Crippen LogP contribution in [0.5, 0.6) is 0 Å². The molecule has 4 nitrogen and oxygen atoms in total. The summed E-state index contributed by atoms with van der Waals surface area (Å²) in [5, 5.41) is 3.22. The van der Waals surface area contributed by atoms with E-state index in [4.69, 9.17) is 4.42 Å². The van der Waals surface area contributed by atoms with Gasteiger partial charge in [0, 0.05) is 17.0 Å². The first-order chi connectivity index (χ1) is 11.4. The summed E-state index contributed by atoms with van der Waals surface area (Å²) in [4.78, 5) is 13.6. The van der Waals surface area contributed by atoms with Crippen LogP contribution in [0.4, 0.5) is 0 Å². The zero-order valence-corrected chi connectivity index (χ0v) is 12.1. The minimum atomic E-state index is 0.606. The van der Waals surface area contributed by atoms with Crippen LogP contribution in [0.2, 0.25) is 0 Å². The van der Waals surface area contributed by atoms with Crippen LogP contribution in [0.15, 0.2) is 71.4 Å². The average molecular weight is 297 g/mol. The molecular weight excluding hydrogens is 286 g/mol. The number of hydrogen-bond donors (Lipinski definition) is 0. The number of furan rings is 1. The molecule has 0 aliphatic rings. The van der Waals surface area contributed by atoms with E-state index < -0.39 is 0 Å². The van der Waals surface area contributed by atoms with E-state index in [1.807, 2.05) is 54.7 Å². The van der Waals surface area contributed by atoms with E-state index in [1.165, 1.54) is 0 Å². The van der Waals surface area contributed by atoms with Gasteiger partial charge in [-0.3, -0.25) is 4.98 Å². The Morgan fingerprint density at radius 3 is 2.52 bits per heavy atom. The molecule has 0 aliphatic heterocycles. The van der Waals surface area contributed by atoms with Gasteiger partial charge in [-0.2, -0.15) is 0 Å². The Kier molecular flexibility index (Phi) is 2.46. The van der Waals surface area contributed by atoms with Crippen molar-refractivity contribution >= 4 is 32.8 Å². The van der Waals surface area contributed by atoms with E-state index in [-0.39, 0.29) is 0 Å². The molecule has 0 bridgehead atoms. The van der Waals surface area contributed by atoms with Gasteiger partial charge in [-0.25, -0.2) is 9.97 Å². The first-order valence-electron chi connectivity index (χ1n) is 7.38.